The lowest BCUT2D eigenvalue weighted by Gasteiger charge is -2.20. The number of hydrogen-bond acceptors (Lipinski definition) is 3. The van der Waals surface area contributed by atoms with Crippen LogP contribution in [0.5, 0.6) is 0 Å². The average molecular weight is 215 g/mol. The standard InChI is InChI=1S/C10H21N3O2/c1-6(2)5-8(14)12-9(7(3)4)10(15)13-11/h6-7,9H,5,11H2,1-4H3,(H,12,14)(H,13,15). The summed E-state index contributed by atoms with van der Waals surface area (Å²) in [6.07, 6.45) is 0.418. The topological polar surface area (TPSA) is 84.2 Å². The molecule has 0 aromatic carbocycles. The predicted octanol–water partition coefficient (Wildman–Crippen LogP) is 0.163. The largest absolute Gasteiger partial charge is 0.344 e. The summed E-state index contributed by atoms with van der Waals surface area (Å²) in [5, 5.41) is 2.67. The first kappa shape index (κ1) is 13.9. The second-order valence-electron chi connectivity index (χ2n) is 4.40. The molecule has 0 saturated carbocycles. The third kappa shape index (κ3) is 5.37. The number of nitrogens with two attached hydrogens (primary N) is 1. The zero-order chi connectivity index (χ0) is 12.0. The fraction of sp³-hybridized carbons (Fsp3) is 0.800. The third-order valence-corrected chi connectivity index (χ3v) is 2.00. The monoisotopic (exact) mass is 215 g/mol. The first-order chi connectivity index (χ1) is 6.88. The van der Waals surface area contributed by atoms with Crippen molar-refractivity contribution in [3.63, 3.8) is 0 Å². The van der Waals surface area contributed by atoms with E-state index in [0.717, 1.165) is 0 Å². The Morgan fingerprint density at radius 2 is 1.73 bits per heavy atom. The quantitative estimate of drug-likeness (QED) is 0.347. The Balaban J connectivity index is 4.29. The van der Waals surface area contributed by atoms with Gasteiger partial charge >= 0.3 is 0 Å². The van der Waals surface area contributed by atoms with Crippen molar-refractivity contribution in [2.24, 2.45) is 17.7 Å². The van der Waals surface area contributed by atoms with Crippen molar-refractivity contribution in [2.45, 2.75) is 40.2 Å². The highest BCUT2D eigenvalue weighted by Crippen LogP contribution is 2.04. The van der Waals surface area contributed by atoms with Gasteiger partial charge in [0.2, 0.25) is 5.91 Å². The molecule has 0 rings (SSSR count). The van der Waals surface area contributed by atoms with Crippen LogP contribution in [0.4, 0.5) is 0 Å². The summed E-state index contributed by atoms with van der Waals surface area (Å²) < 4.78 is 0. The Kier molecular flexibility index (Phi) is 5.93. The third-order valence-electron chi connectivity index (χ3n) is 2.00. The smallest absolute Gasteiger partial charge is 0.256 e. The zero-order valence-corrected chi connectivity index (χ0v) is 9.83. The molecule has 0 heterocycles. The molecule has 0 aliphatic rings. The summed E-state index contributed by atoms with van der Waals surface area (Å²) in [7, 11) is 0. The molecule has 0 saturated heterocycles. The van der Waals surface area contributed by atoms with Crippen molar-refractivity contribution >= 4 is 11.8 Å². The maximum atomic E-state index is 11.5. The van der Waals surface area contributed by atoms with E-state index in [1.807, 2.05) is 27.7 Å². The van der Waals surface area contributed by atoms with Crippen molar-refractivity contribution in [3.8, 4) is 0 Å². The van der Waals surface area contributed by atoms with E-state index in [-0.39, 0.29) is 23.7 Å². The number of carbonyl (C=O) groups is 2. The number of hydrogen-bond donors (Lipinski definition) is 3. The van der Waals surface area contributed by atoms with E-state index >= 15 is 0 Å². The number of hydrazine groups is 1. The van der Waals surface area contributed by atoms with E-state index in [1.54, 1.807) is 0 Å². The first-order valence-electron chi connectivity index (χ1n) is 5.18. The molecular formula is C10H21N3O2. The lowest BCUT2D eigenvalue weighted by molar-refractivity contribution is -0.130. The Labute approximate surface area is 90.8 Å². The van der Waals surface area contributed by atoms with Gasteiger partial charge in [0.15, 0.2) is 0 Å². The van der Waals surface area contributed by atoms with Crippen molar-refractivity contribution in [2.75, 3.05) is 0 Å². The fourth-order valence-electron chi connectivity index (χ4n) is 1.23. The molecule has 0 radical (unpaired) electrons. The molecule has 0 spiro atoms. The van der Waals surface area contributed by atoms with E-state index in [1.165, 1.54) is 0 Å². The maximum absolute atomic E-state index is 11.5. The summed E-state index contributed by atoms with van der Waals surface area (Å²) in [4.78, 5) is 22.8. The van der Waals surface area contributed by atoms with E-state index in [0.29, 0.717) is 6.42 Å². The number of carbonyl (C=O) groups excluding carboxylic acids is 2. The van der Waals surface area contributed by atoms with Crippen LogP contribution in [0.3, 0.4) is 0 Å². The second-order valence-corrected chi connectivity index (χ2v) is 4.40. The van der Waals surface area contributed by atoms with Crippen LogP contribution >= 0.6 is 0 Å². The molecule has 0 bridgehead atoms. The molecule has 0 aromatic heterocycles. The Morgan fingerprint density at radius 1 is 1.20 bits per heavy atom. The van der Waals surface area contributed by atoms with Gasteiger partial charge in [0, 0.05) is 6.42 Å². The highest BCUT2D eigenvalue weighted by Gasteiger charge is 2.23. The average Bonchev–Trinajstić information content (AvgIpc) is 2.11. The van der Waals surface area contributed by atoms with Crippen molar-refractivity contribution in [1.29, 1.82) is 0 Å². The molecule has 0 aromatic rings. The van der Waals surface area contributed by atoms with Gasteiger partial charge in [-0.15, -0.1) is 0 Å². The molecule has 88 valence electrons. The van der Waals surface area contributed by atoms with Gasteiger partial charge in [-0.05, 0) is 11.8 Å². The first-order valence-corrected chi connectivity index (χ1v) is 5.18. The molecule has 4 N–H and O–H groups in total. The van der Waals surface area contributed by atoms with Gasteiger partial charge < -0.3 is 5.32 Å². The number of rotatable bonds is 5. The SMILES string of the molecule is CC(C)CC(=O)NC(C(=O)NN)C(C)C. The van der Waals surface area contributed by atoms with Gasteiger partial charge in [0.25, 0.3) is 5.91 Å². The van der Waals surface area contributed by atoms with E-state index in [4.69, 9.17) is 5.84 Å². The molecule has 1 unspecified atom stereocenters. The van der Waals surface area contributed by atoms with Crippen LogP contribution < -0.4 is 16.6 Å². The minimum absolute atomic E-state index is 0.0182. The molecule has 0 fully saturated rings. The summed E-state index contributed by atoms with van der Waals surface area (Å²) in [6.45, 7) is 7.62. The molecular weight excluding hydrogens is 194 g/mol. The van der Waals surface area contributed by atoms with Gasteiger partial charge in [-0.25, -0.2) is 5.84 Å². The van der Waals surface area contributed by atoms with Crippen molar-refractivity contribution < 1.29 is 9.59 Å². The molecule has 2 amide bonds. The summed E-state index contributed by atoms with van der Waals surface area (Å²) in [5.74, 6) is 4.85. The van der Waals surface area contributed by atoms with Crippen LogP contribution in [-0.2, 0) is 9.59 Å². The lowest BCUT2D eigenvalue weighted by atomic mass is 10.0. The highest BCUT2D eigenvalue weighted by molar-refractivity contribution is 5.87. The van der Waals surface area contributed by atoms with Crippen LogP contribution in [0.2, 0.25) is 0 Å². The van der Waals surface area contributed by atoms with Gasteiger partial charge in [-0.2, -0.15) is 0 Å². The van der Waals surface area contributed by atoms with Crippen LogP contribution in [0, 0.1) is 11.8 Å². The van der Waals surface area contributed by atoms with Crippen LogP contribution in [-0.4, -0.2) is 17.9 Å². The van der Waals surface area contributed by atoms with Gasteiger partial charge in [0.05, 0.1) is 0 Å². The fourth-order valence-corrected chi connectivity index (χ4v) is 1.23. The van der Waals surface area contributed by atoms with E-state index < -0.39 is 6.04 Å². The van der Waals surface area contributed by atoms with Crippen LogP contribution in [0.15, 0.2) is 0 Å². The molecule has 0 aliphatic heterocycles. The maximum Gasteiger partial charge on any atom is 0.256 e. The predicted molar refractivity (Wildman–Crippen MR) is 58.6 cm³/mol. The molecule has 1 atom stereocenters. The minimum Gasteiger partial charge on any atom is -0.344 e. The lowest BCUT2D eigenvalue weighted by Crippen LogP contribution is -2.51. The summed E-state index contributed by atoms with van der Waals surface area (Å²) >= 11 is 0. The van der Waals surface area contributed by atoms with E-state index in [9.17, 15) is 9.59 Å². The normalized spacial score (nSPS) is 12.7. The van der Waals surface area contributed by atoms with Crippen LogP contribution in [0.1, 0.15) is 34.1 Å². The van der Waals surface area contributed by atoms with E-state index in [2.05, 4.69) is 10.7 Å². The zero-order valence-electron chi connectivity index (χ0n) is 9.83. The summed E-state index contributed by atoms with van der Waals surface area (Å²) in [6, 6.07) is -0.554. The molecule has 5 nitrogen and oxygen atoms in total. The minimum atomic E-state index is -0.554. The van der Waals surface area contributed by atoms with Crippen molar-refractivity contribution in [3.05, 3.63) is 0 Å². The number of nitrogens with one attached hydrogen (secondary N) is 2. The Hall–Kier alpha value is -1.10. The Morgan fingerprint density at radius 3 is 2.07 bits per heavy atom. The summed E-state index contributed by atoms with van der Waals surface area (Å²) in [5.41, 5.74) is 2.05. The van der Waals surface area contributed by atoms with Gasteiger partial charge in [-0.3, -0.25) is 15.0 Å². The second kappa shape index (κ2) is 6.40. The highest BCUT2D eigenvalue weighted by atomic mass is 16.2. The van der Waals surface area contributed by atoms with Gasteiger partial charge in [-0.1, -0.05) is 27.7 Å². The van der Waals surface area contributed by atoms with Crippen molar-refractivity contribution in [1.82, 2.24) is 10.7 Å². The Bertz CT molecular complexity index is 227. The molecule has 5 heteroatoms. The molecule has 15 heavy (non-hydrogen) atoms. The van der Waals surface area contributed by atoms with Crippen LogP contribution in [0.25, 0.3) is 0 Å². The van der Waals surface area contributed by atoms with Gasteiger partial charge in [0.1, 0.15) is 6.04 Å². The number of amides is 2. The molecule has 0 aliphatic carbocycles.